The average molecular weight is 598 g/mol. The third-order valence-electron chi connectivity index (χ3n) is 8.77. The van der Waals surface area contributed by atoms with Crippen LogP contribution in [-0.2, 0) is 26.1 Å². The molecule has 2 aliphatic carbocycles. The van der Waals surface area contributed by atoms with E-state index in [9.17, 15) is 29.7 Å². The Morgan fingerprint density at radius 1 is 1.12 bits per heavy atom. The van der Waals surface area contributed by atoms with Crippen molar-refractivity contribution in [1.82, 2.24) is 0 Å². The van der Waals surface area contributed by atoms with E-state index in [2.05, 4.69) is 0 Å². The van der Waals surface area contributed by atoms with Gasteiger partial charge in [-0.1, -0.05) is 32.9 Å². The Balaban J connectivity index is 1.82. The number of aliphatic hydroxyl groups excluding tert-OH is 2. The molecular weight excluding hydrogens is 558 g/mol. The number of carbonyl (C=O) groups is 3. The Labute approximate surface area is 249 Å². The summed E-state index contributed by atoms with van der Waals surface area (Å²) in [4.78, 5) is 41.6. The number of hydrogen-bond donors (Lipinski definition) is 4. The number of carbonyl (C=O) groups excluding carboxylic acids is 3. The van der Waals surface area contributed by atoms with Gasteiger partial charge in [0.05, 0.1) is 43.7 Å². The second-order valence-electron chi connectivity index (χ2n) is 12.6. The highest BCUT2D eigenvalue weighted by atomic mass is 16.7. The van der Waals surface area contributed by atoms with E-state index in [0.717, 1.165) is 0 Å². The smallest absolute Gasteiger partial charge is 0.198 e. The molecular formula is C32H39NO10. The van der Waals surface area contributed by atoms with Crippen molar-refractivity contribution < 1.29 is 48.7 Å². The van der Waals surface area contributed by atoms with Crippen molar-refractivity contribution in [3.63, 3.8) is 0 Å². The van der Waals surface area contributed by atoms with E-state index in [4.69, 9.17) is 24.7 Å². The molecule has 11 heteroatoms. The minimum Gasteiger partial charge on any atom is -0.496 e. The van der Waals surface area contributed by atoms with E-state index in [1.165, 1.54) is 14.2 Å². The van der Waals surface area contributed by atoms with Crippen LogP contribution in [0.3, 0.4) is 0 Å². The zero-order valence-electron chi connectivity index (χ0n) is 25.2. The number of methoxy groups -OCH3 is 2. The molecule has 1 aliphatic heterocycles. The largest absolute Gasteiger partial charge is 0.496 e. The van der Waals surface area contributed by atoms with Gasteiger partial charge in [0.25, 0.3) is 0 Å². The molecule has 1 saturated heterocycles. The molecule has 0 amide bonds. The van der Waals surface area contributed by atoms with Gasteiger partial charge < -0.3 is 40.0 Å². The van der Waals surface area contributed by atoms with E-state index < -0.39 is 65.6 Å². The van der Waals surface area contributed by atoms with E-state index >= 15 is 0 Å². The molecule has 0 radical (unpaired) electrons. The molecule has 4 unspecified atom stereocenters. The second-order valence-corrected chi connectivity index (χ2v) is 12.6. The standard InChI is InChI=1S/C32H39NO10/c1-14-27(36)17(33)10-21(42-14)43-19-12-32(39,20(35)13-34)11-16-22(19)26(31(2,3)4)24-25(30(16)41-6)28(37)15-8-7-9-18(40-5)23(15)29(24)38/h7-9,14,17,19,21,27,34,36,39H,10-13,33H2,1-6H3/t14?,17?,19-,21?,27?,32-/m0/s1. The van der Waals surface area contributed by atoms with Crippen LogP contribution in [0.25, 0.3) is 0 Å². The van der Waals surface area contributed by atoms with Crippen LogP contribution >= 0.6 is 0 Å². The molecule has 0 spiro atoms. The maximum Gasteiger partial charge on any atom is 0.198 e. The molecule has 0 aromatic heterocycles. The summed E-state index contributed by atoms with van der Waals surface area (Å²) in [5.74, 6) is -1.41. The van der Waals surface area contributed by atoms with Gasteiger partial charge in [0.2, 0.25) is 0 Å². The van der Waals surface area contributed by atoms with Gasteiger partial charge in [-0.25, -0.2) is 0 Å². The summed E-state index contributed by atoms with van der Waals surface area (Å²) >= 11 is 0. The third kappa shape index (κ3) is 4.98. The average Bonchev–Trinajstić information content (AvgIpc) is 2.95. The normalized spacial score (nSPS) is 28.6. The van der Waals surface area contributed by atoms with Crippen LogP contribution in [0.4, 0.5) is 0 Å². The molecule has 2 aromatic rings. The van der Waals surface area contributed by atoms with E-state index in [-0.39, 0.29) is 53.0 Å². The highest BCUT2D eigenvalue weighted by molar-refractivity contribution is 6.31. The minimum absolute atomic E-state index is 0.0315. The zero-order chi connectivity index (χ0) is 31.6. The molecule has 2 aromatic carbocycles. The molecule has 43 heavy (non-hydrogen) atoms. The van der Waals surface area contributed by atoms with Crippen molar-refractivity contribution in [3.8, 4) is 11.5 Å². The van der Waals surface area contributed by atoms with Crippen molar-refractivity contribution in [2.24, 2.45) is 5.73 Å². The lowest BCUT2D eigenvalue weighted by Gasteiger charge is -2.44. The molecule has 1 heterocycles. The lowest BCUT2D eigenvalue weighted by Crippen LogP contribution is -2.53. The number of rotatable bonds is 6. The molecule has 0 saturated carbocycles. The van der Waals surface area contributed by atoms with E-state index in [1.54, 1.807) is 25.1 Å². The summed E-state index contributed by atoms with van der Waals surface area (Å²) in [7, 11) is 2.78. The van der Waals surface area contributed by atoms with Gasteiger partial charge in [0, 0.05) is 42.0 Å². The first-order chi connectivity index (χ1) is 20.2. The van der Waals surface area contributed by atoms with E-state index in [0.29, 0.717) is 16.7 Å². The van der Waals surface area contributed by atoms with Gasteiger partial charge in [-0.15, -0.1) is 0 Å². The van der Waals surface area contributed by atoms with Gasteiger partial charge in [-0.2, -0.15) is 0 Å². The third-order valence-corrected chi connectivity index (χ3v) is 8.77. The summed E-state index contributed by atoms with van der Waals surface area (Å²) in [5, 5.41) is 31.8. The summed E-state index contributed by atoms with van der Waals surface area (Å²) in [5.41, 5.74) is 5.13. The van der Waals surface area contributed by atoms with Gasteiger partial charge in [0.15, 0.2) is 23.6 Å². The summed E-state index contributed by atoms with van der Waals surface area (Å²) in [6.07, 6.45) is -3.96. The van der Waals surface area contributed by atoms with Gasteiger partial charge in [-0.05, 0) is 29.5 Å². The molecule has 1 fully saturated rings. The minimum atomic E-state index is -2.08. The number of Topliss-reactive ketones (excluding diaryl/α,β-unsaturated/α-hetero) is 1. The van der Waals surface area contributed by atoms with Crippen molar-refractivity contribution in [1.29, 1.82) is 0 Å². The lowest BCUT2D eigenvalue weighted by molar-refractivity contribution is -0.247. The number of fused-ring (bicyclic) bond motifs is 3. The summed E-state index contributed by atoms with van der Waals surface area (Å²) < 4.78 is 23.7. The fraction of sp³-hybridized carbons (Fsp3) is 0.531. The first-order valence-electron chi connectivity index (χ1n) is 14.3. The topological polar surface area (TPSA) is 175 Å². The van der Waals surface area contributed by atoms with Crippen molar-refractivity contribution in [3.05, 3.63) is 57.1 Å². The number of ketones is 3. The number of nitrogens with two attached hydrogens (primary N) is 1. The Hall–Kier alpha value is -3.19. The van der Waals surface area contributed by atoms with Crippen LogP contribution in [0.5, 0.6) is 11.5 Å². The Morgan fingerprint density at radius 2 is 1.81 bits per heavy atom. The Morgan fingerprint density at radius 3 is 2.40 bits per heavy atom. The fourth-order valence-electron chi connectivity index (χ4n) is 6.77. The molecule has 11 nitrogen and oxygen atoms in total. The quantitative estimate of drug-likeness (QED) is 0.327. The number of aliphatic hydroxyl groups is 3. The zero-order valence-corrected chi connectivity index (χ0v) is 25.2. The molecule has 0 bridgehead atoms. The van der Waals surface area contributed by atoms with Crippen LogP contribution in [0.15, 0.2) is 18.2 Å². The van der Waals surface area contributed by atoms with Gasteiger partial charge >= 0.3 is 0 Å². The highest BCUT2D eigenvalue weighted by Gasteiger charge is 2.51. The number of benzene rings is 2. The SMILES string of the molecule is COc1cccc2c1C(=O)c1c(c(OC)c3c(c1C(C)(C)C)[C@@H](OC1CC(N)C(O)C(C)O1)C[C@](O)(C(=O)CO)C3)C2=O. The maximum atomic E-state index is 14.4. The first-order valence-corrected chi connectivity index (χ1v) is 14.3. The van der Waals surface area contributed by atoms with Crippen molar-refractivity contribution >= 4 is 17.3 Å². The van der Waals surface area contributed by atoms with Crippen LogP contribution in [0.1, 0.15) is 95.2 Å². The van der Waals surface area contributed by atoms with Crippen LogP contribution in [-0.4, -0.2) is 83.6 Å². The van der Waals surface area contributed by atoms with Crippen LogP contribution in [0, 0.1) is 0 Å². The fourth-order valence-corrected chi connectivity index (χ4v) is 6.77. The number of ether oxygens (including phenoxy) is 4. The molecule has 3 aliphatic rings. The predicted octanol–water partition coefficient (Wildman–Crippen LogP) is 1.90. The van der Waals surface area contributed by atoms with Crippen LogP contribution < -0.4 is 15.2 Å². The van der Waals surface area contributed by atoms with Gasteiger partial charge in [-0.3, -0.25) is 14.4 Å². The second kappa shape index (κ2) is 11.1. The maximum absolute atomic E-state index is 14.4. The predicted molar refractivity (Wildman–Crippen MR) is 154 cm³/mol. The Kier molecular flexibility index (Phi) is 8.04. The van der Waals surface area contributed by atoms with Crippen LogP contribution in [0.2, 0.25) is 0 Å². The monoisotopic (exact) mass is 597 g/mol. The highest BCUT2D eigenvalue weighted by Crippen LogP contribution is 2.53. The summed E-state index contributed by atoms with van der Waals surface area (Å²) in [6.45, 7) is 6.43. The first kappa shape index (κ1) is 31.2. The molecule has 5 rings (SSSR count). The lowest BCUT2D eigenvalue weighted by atomic mass is 9.65. The van der Waals surface area contributed by atoms with E-state index in [1.807, 2.05) is 20.8 Å². The summed E-state index contributed by atoms with van der Waals surface area (Å²) in [6, 6.07) is 4.14. The van der Waals surface area contributed by atoms with Crippen molar-refractivity contribution in [2.75, 3.05) is 20.8 Å². The van der Waals surface area contributed by atoms with Gasteiger partial charge in [0.1, 0.15) is 23.7 Å². The molecule has 5 N–H and O–H groups in total. The Bertz CT molecular complexity index is 1480. The molecule has 232 valence electrons. The molecule has 6 atom stereocenters. The number of hydrogen-bond acceptors (Lipinski definition) is 11. The van der Waals surface area contributed by atoms with Crippen molar-refractivity contribution in [2.45, 2.75) is 88.6 Å².